The molecule has 1 heterocycles. The normalized spacial score (nSPS) is 16.1. The Hall–Kier alpha value is -1.63. The summed E-state index contributed by atoms with van der Waals surface area (Å²) in [4.78, 5) is 0. The second kappa shape index (κ2) is 6.01. The quantitative estimate of drug-likeness (QED) is 0.693. The standard InChI is InChI=1S/C20H26N/c1-15-9-10-19(16(2)13-15)20-14-18(11-12-21(20)3)17-7-5-4-6-8-17/h9-14,17H,4-8H2,1-3H3/q+1. The summed E-state index contributed by atoms with van der Waals surface area (Å²) in [5.41, 5.74) is 6.94. The van der Waals surface area contributed by atoms with Crippen LogP contribution in [0.4, 0.5) is 0 Å². The molecule has 0 spiro atoms. The lowest BCUT2D eigenvalue weighted by Crippen LogP contribution is -2.31. The number of benzene rings is 1. The van der Waals surface area contributed by atoms with E-state index in [0.717, 1.165) is 5.92 Å². The lowest BCUT2D eigenvalue weighted by molar-refractivity contribution is -0.660. The molecule has 0 N–H and O–H groups in total. The van der Waals surface area contributed by atoms with Crippen LogP contribution in [0.25, 0.3) is 11.3 Å². The smallest absolute Gasteiger partial charge is 0.201 e. The van der Waals surface area contributed by atoms with E-state index in [1.165, 1.54) is 60.1 Å². The van der Waals surface area contributed by atoms with E-state index >= 15 is 0 Å². The van der Waals surface area contributed by atoms with Crippen LogP contribution in [-0.4, -0.2) is 0 Å². The molecule has 110 valence electrons. The second-order valence-corrected chi connectivity index (χ2v) is 6.61. The van der Waals surface area contributed by atoms with Gasteiger partial charge >= 0.3 is 0 Å². The number of aromatic nitrogens is 1. The molecule has 1 aliphatic carbocycles. The number of rotatable bonds is 2. The summed E-state index contributed by atoms with van der Waals surface area (Å²) in [6, 6.07) is 11.5. The van der Waals surface area contributed by atoms with Crippen molar-refractivity contribution in [3.63, 3.8) is 0 Å². The van der Waals surface area contributed by atoms with Crippen molar-refractivity contribution >= 4 is 0 Å². The van der Waals surface area contributed by atoms with Crippen molar-refractivity contribution in [2.24, 2.45) is 7.05 Å². The SMILES string of the molecule is Cc1ccc(-c2cc(C3CCCCC3)cc[n+]2C)c(C)c1. The van der Waals surface area contributed by atoms with E-state index in [0.29, 0.717) is 0 Å². The molecular weight excluding hydrogens is 254 g/mol. The largest absolute Gasteiger partial charge is 0.212 e. The Morgan fingerprint density at radius 2 is 1.71 bits per heavy atom. The maximum absolute atomic E-state index is 2.42. The van der Waals surface area contributed by atoms with Crippen molar-refractivity contribution in [2.75, 3.05) is 0 Å². The Kier molecular flexibility index (Phi) is 4.10. The van der Waals surface area contributed by atoms with Crippen LogP contribution in [0.5, 0.6) is 0 Å². The molecule has 0 aliphatic heterocycles. The fourth-order valence-electron chi connectivity index (χ4n) is 3.64. The van der Waals surface area contributed by atoms with E-state index in [4.69, 9.17) is 0 Å². The van der Waals surface area contributed by atoms with Crippen LogP contribution in [0.3, 0.4) is 0 Å². The fourth-order valence-corrected chi connectivity index (χ4v) is 3.64. The third-order valence-corrected chi connectivity index (χ3v) is 4.91. The second-order valence-electron chi connectivity index (χ2n) is 6.61. The van der Waals surface area contributed by atoms with Crippen molar-refractivity contribution in [1.29, 1.82) is 0 Å². The number of nitrogens with zero attached hydrogens (tertiary/aromatic N) is 1. The molecule has 1 aromatic carbocycles. The highest BCUT2D eigenvalue weighted by molar-refractivity contribution is 5.62. The molecule has 1 aliphatic rings. The van der Waals surface area contributed by atoms with Gasteiger partial charge in [-0.05, 0) is 49.8 Å². The van der Waals surface area contributed by atoms with Crippen molar-refractivity contribution in [2.45, 2.75) is 51.9 Å². The highest BCUT2D eigenvalue weighted by Crippen LogP contribution is 2.33. The van der Waals surface area contributed by atoms with Gasteiger partial charge in [-0.2, -0.15) is 0 Å². The van der Waals surface area contributed by atoms with E-state index in [-0.39, 0.29) is 0 Å². The van der Waals surface area contributed by atoms with Gasteiger partial charge in [0.25, 0.3) is 0 Å². The molecule has 0 atom stereocenters. The summed E-state index contributed by atoms with van der Waals surface area (Å²) in [6.07, 6.45) is 9.16. The van der Waals surface area contributed by atoms with Crippen LogP contribution >= 0.6 is 0 Å². The fraction of sp³-hybridized carbons (Fsp3) is 0.450. The highest BCUT2D eigenvalue weighted by atomic mass is 14.9. The summed E-state index contributed by atoms with van der Waals surface area (Å²) >= 11 is 0. The molecule has 1 nitrogen and oxygen atoms in total. The van der Waals surface area contributed by atoms with Gasteiger partial charge in [0.15, 0.2) is 6.20 Å². The van der Waals surface area contributed by atoms with Gasteiger partial charge in [-0.3, -0.25) is 0 Å². The Morgan fingerprint density at radius 1 is 0.952 bits per heavy atom. The third-order valence-electron chi connectivity index (χ3n) is 4.91. The summed E-state index contributed by atoms with van der Waals surface area (Å²) in [5.74, 6) is 0.768. The first-order chi connectivity index (χ1) is 10.1. The van der Waals surface area contributed by atoms with Crippen LogP contribution < -0.4 is 4.57 Å². The van der Waals surface area contributed by atoms with Crippen LogP contribution in [0.1, 0.15) is 54.7 Å². The van der Waals surface area contributed by atoms with Gasteiger partial charge in [-0.25, -0.2) is 4.57 Å². The van der Waals surface area contributed by atoms with E-state index in [9.17, 15) is 0 Å². The minimum Gasteiger partial charge on any atom is -0.201 e. The van der Waals surface area contributed by atoms with Crippen molar-refractivity contribution < 1.29 is 4.57 Å². The van der Waals surface area contributed by atoms with Crippen LogP contribution in [0, 0.1) is 13.8 Å². The predicted molar refractivity (Wildman–Crippen MR) is 88.4 cm³/mol. The van der Waals surface area contributed by atoms with Crippen LogP contribution in [-0.2, 0) is 7.05 Å². The molecule has 1 saturated carbocycles. The lowest BCUT2D eigenvalue weighted by atomic mass is 9.84. The van der Waals surface area contributed by atoms with Gasteiger partial charge in [0, 0.05) is 17.7 Å². The number of hydrogen-bond acceptors (Lipinski definition) is 0. The molecule has 21 heavy (non-hydrogen) atoms. The van der Waals surface area contributed by atoms with Crippen molar-refractivity contribution in [3.8, 4) is 11.3 Å². The van der Waals surface area contributed by atoms with E-state index < -0.39 is 0 Å². The summed E-state index contributed by atoms with van der Waals surface area (Å²) in [6.45, 7) is 4.38. The first-order valence-corrected chi connectivity index (χ1v) is 8.22. The molecule has 0 radical (unpaired) electrons. The Morgan fingerprint density at radius 3 is 2.43 bits per heavy atom. The number of pyridine rings is 1. The van der Waals surface area contributed by atoms with Crippen molar-refractivity contribution in [3.05, 3.63) is 53.2 Å². The Labute approximate surface area is 128 Å². The first kappa shape index (κ1) is 14.3. The van der Waals surface area contributed by atoms with Crippen LogP contribution in [0.15, 0.2) is 36.5 Å². The summed E-state index contributed by atoms with van der Waals surface area (Å²) in [5, 5.41) is 0. The van der Waals surface area contributed by atoms with Gasteiger partial charge in [0.05, 0.1) is 0 Å². The van der Waals surface area contributed by atoms with E-state index in [1.807, 2.05) is 0 Å². The van der Waals surface area contributed by atoms with E-state index in [2.05, 4.69) is 62.0 Å². The molecule has 3 rings (SSSR count). The van der Waals surface area contributed by atoms with Crippen molar-refractivity contribution in [1.82, 2.24) is 0 Å². The summed E-state index contributed by atoms with van der Waals surface area (Å²) < 4.78 is 2.25. The minimum atomic E-state index is 0.768. The summed E-state index contributed by atoms with van der Waals surface area (Å²) in [7, 11) is 2.15. The molecule has 1 aromatic heterocycles. The average Bonchev–Trinajstić information content (AvgIpc) is 2.49. The lowest BCUT2D eigenvalue weighted by Gasteiger charge is -2.21. The molecule has 0 unspecified atom stereocenters. The minimum absolute atomic E-state index is 0.768. The van der Waals surface area contributed by atoms with Gasteiger partial charge in [-0.15, -0.1) is 0 Å². The number of aryl methyl sites for hydroxylation is 3. The molecule has 0 saturated heterocycles. The first-order valence-electron chi connectivity index (χ1n) is 8.22. The molecule has 1 heteroatoms. The van der Waals surface area contributed by atoms with Gasteiger partial charge in [0.2, 0.25) is 5.69 Å². The monoisotopic (exact) mass is 280 g/mol. The highest BCUT2D eigenvalue weighted by Gasteiger charge is 2.20. The third kappa shape index (κ3) is 3.02. The molecular formula is C20H26N+. The van der Waals surface area contributed by atoms with Gasteiger partial charge in [-0.1, -0.05) is 37.0 Å². The molecule has 2 aromatic rings. The van der Waals surface area contributed by atoms with E-state index in [1.54, 1.807) is 0 Å². The molecule has 0 bridgehead atoms. The predicted octanol–water partition coefficient (Wildman–Crippen LogP) is 4.84. The molecule has 1 fully saturated rings. The van der Waals surface area contributed by atoms with Gasteiger partial charge in [0.1, 0.15) is 7.05 Å². The maximum atomic E-state index is 2.42. The zero-order chi connectivity index (χ0) is 14.8. The zero-order valence-corrected chi connectivity index (χ0v) is 13.5. The Balaban J connectivity index is 2.01. The molecule has 0 amide bonds. The van der Waals surface area contributed by atoms with Gasteiger partial charge < -0.3 is 0 Å². The Bertz CT molecular complexity index is 636. The zero-order valence-electron chi connectivity index (χ0n) is 13.5. The number of hydrogen-bond donors (Lipinski definition) is 0. The topological polar surface area (TPSA) is 3.88 Å². The maximum Gasteiger partial charge on any atom is 0.212 e. The average molecular weight is 280 g/mol. The van der Waals surface area contributed by atoms with Crippen LogP contribution in [0.2, 0.25) is 0 Å².